The first-order valence-corrected chi connectivity index (χ1v) is 16.4. The van der Waals surface area contributed by atoms with Crippen molar-refractivity contribution in [2.24, 2.45) is 23.5 Å². The zero-order valence-corrected chi connectivity index (χ0v) is 26.7. The number of hydrogen-bond acceptors (Lipinski definition) is 13. The monoisotopic (exact) mass is 671 g/mol. The number of ketones is 2. The maximum Gasteiger partial charge on any atom is 0.404 e. The molecule has 0 radical (unpaired) electrons. The number of carboxylic acids is 2. The molecule has 0 aromatic heterocycles. The van der Waals surface area contributed by atoms with Crippen LogP contribution in [-0.2, 0) is 38.2 Å². The third-order valence-electron chi connectivity index (χ3n) is 8.28. The molecule has 3 amide bonds. The van der Waals surface area contributed by atoms with Crippen molar-refractivity contribution in [2.75, 3.05) is 38.3 Å². The second kappa shape index (κ2) is 15.0. The van der Waals surface area contributed by atoms with Crippen molar-refractivity contribution < 1.29 is 53.2 Å². The topological polar surface area (TPSA) is 244 Å². The van der Waals surface area contributed by atoms with E-state index in [1.165, 1.54) is 17.9 Å². The van der Waals surface area contributed by atoms with E-state index >= 15 is 0 Å². The highest BCUT2D eigenvalue weighted by Gasteiger charge is 2.65. The van der Waals surface area contributed by atoms with Gasteiger partial charge in [-0.15, -0.1) is 0 Å². The van der Waals surface area contributed by atoms with Gasteiger partial charge in [-0.05, 0) is 12.8 Å². The number of allylic oxidation sites excluding steroid dienone is 2. The molecule has 1 saturated heterocycles. The van der Waals surface area contributed by atoms with Crippen LogP contribution in [0.4, 0.5) is 4.79 Å². The summed E-state index contributed by atoms with van der Waals surface area (Å²) in [4.78, 5) is 86.5. The lowest BCUT2D eigenvalue weighted by molar-refractivity contribution is -0.153. The van der Waals surface area contributed by atoms with Gasteiger partial charge in [-0.1, -0.05) is 35.4 Å². The lowest BCUT2D eigenvalue weighted by Gasteiger charge is -2.41. The van der Waals surface area contributed by atoms with Gasteiger partial charge < -0.3 is 46.3 Å². The van der Waals surface area contributed by atoms with Crippen LogP contribution in [0.1, 0.15) is 27.2 Å². The predicted molar refractivity (Wildman–Crippen MR) is 161 cm³/mol. The predicted octanol–water partition coefficient (Wildman–Crippen LogP) is -0.548. The Balaban J connectivity index is 1.64. The lowest BCUT2D eigenvalue weighted by atomic mass is 9.77. The third-order valence-corrected chi connectivity index (χ3v) is 10.7. The summed E-state index contributed by atoms with van der Waals surface area (Å²) in [6.45, 7) is 5.96. The van der Waals surface area contributed by atoms with Gasteiger partial charge in [0.1, 0.15) is 18.7 Å². The molecule has 7 N–H and O–H groups in total. The largest absolute Gasteiger partial charge is 0.481 e. The minimum absolute atomic E-state index is 0.0882. The van der Waals surface area contributed by atoms with Gasteiger partial charge in [0.2, 0.25) is 23.9 Å². The number of fused-ring (bicyclic) bond motifs is 2. The van der Waals surface area contributed by atoms with E-state index < -0.39 is 59.9 Å². The number of primary amides is 1. The Bertz CT molecular complexity index is 1320. The van der Waals surface area contributed by atoms with Gasteiger partial charge in [0.25, 0.3) is 0 Å². The van der Waals surface area contributed by atoms with Crippen molar-refractivity contribution in [1.29, 1.82) is 0 Å². The summed E-state index contributed by atoms with van der Waals surface area (Å²) >= 11 is 0. The number of amides is 3. The molecular weight excluding hydrogens is 634 g/mol. The molecule has 2 heterocycles. The number of ether oxygens (including phenoxy) is 2. The van der Waals surface area contributed by atoms with Gasteiger partial charge in [-0.3, -0.25) is 24.0 Å². The number of Topliss-reactive ketones (excluding diaryl/α,β-unsaturated/α-hetero) is 2. The average Bonchev–Trinajstić information content (AvgIpc) is 3.40. The molecule has 2 aliphatic heterocycles. The molecule has 0 spiro atoms. The maximum absolute atomic E-state index is 13.9. The van der Waals surface area contributed by atoms with Crippen LogP contribution >= 0.6 is 21.6 Å². The van der Waals surface area contributed by atoms with Crippen LogP contribution in [-0.4, -0.2) is 113 Å². The smallest absolute Gasteiger partial charge is 0.404 e. The number of carbonyl (C=O) groups is 7. The van der Waals surface area contributed by atoms with Gasteiger partial charge in [-0.25, -0.2) is 9.59 Å². The Morgan fingerprint density at radius 3 is 2.42 bits per heavy atom. The summed E-state index contributed by atoms with van der Waals surface area (Å²) in [5.41, 5.74) is 4.91. The number of nitrogens with two attached hydrogens (primary N) is 1. The Morgan fingerprint density at radius 2 is 1.84 bits per heavy atom. The van der Waals surface area contributed by atoms with Crippen molar-refractivity contribution >= 4 is 63.5 Å². The summed E-state index contributed by atoms with van der Waals surface area (Å²) in [7, 11) is 3.85. The van der Waals surface area contributed by atoms with Crippen molar-refractivity contribution in [1.82, 2.24) is 20.9 Å². The van der Waals surface area contributed by atoms with E-state index in [-0.39, 0.29) is 65.5 Å². The Hall–Kier alpha value is -3.77. The SMILES string of the molecule is CO[C@@]12[C@H](COC(N)=O)C3=C(C(=O)C(C)=C(NCCSSC[C@H](NC(=O)[C@H](CC(=O)O)NC=O)C(=O)O)C3=O)N1C[C@H](C)[C@@H]2C. The van der Waals surface area contributed by atoms with E-state index in [0.717, 1.165) is 10.8 Å². The van der Waals surface area contributed by atoms with Crippen LogP contribution in [0, 0.1) is 17.8 Å². The summed E-state index contributed by atoms with van der Waals surface area (Å²) in [6.07, 6.45) is -1.58. The fraction of sp³-hybridized carbons (Fsp3) is 0.593. The molecule has 248 valence electrons. The van der Waals surface area contributed by atoms with Crippen LogP contribution in [0.2, 0.25) is 0 Å². The van der Waals surface area contributed by atoms with Crippen molar-refractivity contribution in [3.8, 4) is 0 Å². The number of nitrogens with zero attached hydrogens (tertiary/aromatic N) is 1. The van der Waals surface area contributed by atoms with E-state index in [9.17, 15) is 38.7 Å². The van der Waals surface area contributed by atoms with Gasteiger partial charge in [0, 0.05) is 48.8 Å². The van der Waals surface area contributed by atoms with Crippen LogP contribution < -0.4 is 21.7 Å². The molecule has 0 aromatic rings. The van der Waals surface area contributed by atoms with Gasteiger partial charge in [0.05, 0.1) is 23.7 Å². The average molecular weight is 672 g/mol. The van der Waals surface area contributed by atoms with Crippen LogP contribution in [0.5, 0.6) is 0 Å². The Morgan fingerprint density at radius 1 is 1.16 bits per heavy atom. The van der Waals surface area contributed by atoms with Crippen molar-refractivity contribution in [2.45, 2.75) is 45.0 Å². The van der Waals surface area contributed by atoms with Crippen molar-refractivity contribution in [3.05, 3.63) is 22.5 Å². The molecule has 3 aliphatic rings. The molecule has 0 saturated carbocycles. The normalized spacial score (nSPS) is 25.3. The minimum atomic E-state index is -1.44. The highest BCUT2D eigenvalue weighted by Crippen LogP contribution is 2.56. The van der Waals surface area contributed by atoms with Crippen LogP contribution in [0.15, 0.2) is 22.5 Å². The first-order valence-electron chi connectivity index (χ1n) is 13.9. The minimum Gasteiger partial charge on any atom is -0.481 e. The first-order chi connectivity index (χ1) is 21.2. The van der Waals surface area contributed by atoms with E-state index in [1.54, 1.807) is 6.92 Å². The highest BCUT2D eigenvalue weighted by molar-refractivity contribution is 8.76. The quantitative estimate of drug-likeness (QED) is 0.0492. The van der Waals surface area contributed by atoms with Gasteiger partial charge >= 0.3 is 18.0 Å². The Kier molecular flexibility index (Phi) is 11.9. The highest BCUT2D eigenvalue weighted by atomic mass is 33.1. The maximum atomic E-state index is 13.9. The molecule has 6 atom stereocenters. The molecular formula is C27H37N5O11S2. The number of hydrogen-bond donors (Lipinski definition) is 6. The zero-order valence-electron chi connectivity index (χ0n) is 25.1. The molecule has 1 fully saturated rings. The number of carbonyl (C=O) groups excluding carboxylic acids is 5. The first kappa shape index (κ1) is 35.7. The third kappa shape index (κ3) is 7.22. The fourth-order valence-corrected chi connectivity index (χ4v) is 8.04. The molecule has 18 heteroatoms. The van der Waals surface area contributed by atoms with E-state index in [2.05, 4.69) is 10.6 Å². The fourth-order valence-electron chi connectivity index (χ4n) is 5.98. The number of methoxy groups -OCH3 is 1. The van der Waals surface area contributed by atoms with E-state index in [0.29, 0.717) is 12.3 Å². The lowest BCUT2D eigenvalue weighted by Crippen LogP contribution is -2.52. The summed E-state index contributed by atoms with van der Waals surface area (Å²) in [5, 5.41) is 25.7. The van der Waals surface area contributed by atoms with Crippen LogP contribution in [0.3, 0.4) is 0 Å². The molecule has 1 aliphatic carbocycles. The van der Waals surface area contributed by atoms with Gasteiger partial charge in [-0.2, -0.15) is 0 Å². The molecule has 16 nitrogen and oxygen atoms in total. The number of nitrogens with one attached hydrogen (secondary N) is 3. The second-order valence-corrected chi connectivity index (χ2v) is 13.4. The zero-order chi connectivity index (χ0) is 33.6. The second-order valence-electron chi connectivity index (χ2n) is 10.8. The Labute approximate surface area is 266 Å². The number of aliphatic carboxylic acids is 2. The van der Waals surface area contributed by atoms with E-state index in [1.807, 2.05) is 24.1 Å². The number of rotatable bonds is 17. The van der Waals surface area contributed by atoms with Crippen molar-refractivity contribution in [3.63, 3.8) is 0 Å². The molecule has 0 aromatic carbocycles. The summed E-state index contributed by atoms with van der Waals surface area (Å²) in [6, 6.07) is -2.80. The number of carboxylic acid groups (broad SMARTS) is 2. The molecule has 0 bridgehead atoms. The molecule has 3 rings (SSSR count). The standard InChI is InChI=1S/C27H37N5O11S2/c1-12-8-32-21-19(15(9-43-26(28)41)27(32,42-4)14(12)3)23(37)20(13(2)22(21)36)29-5-6-44-45-10-17(25(39)40)31-24(38)16(30-11-33)7-18(34)35/h11-12,14-17,29H,5-10H2,1-4H3,(H2,28,41)(H,30,33)(H,31,38)(H,34,35)(H,39,40)/t12-,14-,15+,16-,17-,27-/m0/s1. The molecule has 45 heavy (non-hydrogen) atoms. The van der Waals surface area contributed by atoms with Gasteiger partial charge in [0.15, 0.2) is 5.72 Å². The van der Waals surface area contributed by atoms with E-state index in [4.69, 9.17) is 20.3 Å². The summed E-state index contributed by atoms with van der Waals surface area (Å²) in [5.74, 6) is -4.92. The van der Waals surface area contributed by atoms with Crippen LogP contribution in [0.25, 0.3) is 0 Å². The molecule has 0 unspecified atom stereocenters. The summed E-state index contributed by atoms with van der Waals surface area (Å²) < 4.78 is 11.2.